The Bertz CT molecular complexity index is 1530. The number of hydrogen-bond donors (Lipinski definition) is 2. The number of carbonyl (C=O) groups is 2. The molecule has 5 rings (SSSR count). The number of halogens is 2. The molecular formula is C26H19ClFN3O4. The number of amides is 1. The summed E-state index contributed by atoms with van der Waals surface area (Å²) in [5.41, 5.74) is 2.11. The largest absolute Gasteiger partial charge is 0.507 e. The molecule has 1 fully saturated rings. The molecule has 3 aromatic carbocycles. The van der Waals surface area contributed by atoms with E-state index >= 15 is 0 Å². The van der Waals surface area contributed by atoms with E-state index in [4.69, 9.17) is 16.3 Å². The van der Waals surface area contributed by atoms with Crippen LogP contribution in [0.5, 0.6) is 5.75 Å². The number of aromatic amines is 1. The van der Waals surface area contributed by atoms with Crippen molar-refractivity contribution < 1.29 is 23.8 Å². The molecule has 0 saturated carbocycles. The maximum Gasteiger partial charge on any atom is 0.302 e. The van der Waals surface area contributed by atoms with E-state index in [0.717, 1.165) is 5.56 Å². The Morgan fingerprint density at radius 1 is 1.14 bits per heavy atom. The zero-order valence-corrected chi connectivity index (χ0v) is 19.4. The topological polar surface area (TPSA) is 95.5 Å². The number of nitrogens with zero attached hydrogens (tertiary/aromatic N) is 2. The van der Waals surface area contributed by atoms with E-state index < -0.39 is 29.3 Å². The van der Waals surface area contributed by atoms with E-state index in [1.165, 1.54) is 30.2 Å². The number of benzene rings is 3. The maximum absolute atomic E-state index is 13.8. The lowest BCUT2D eigenvalue weighted by Crippen LogP contribution is -2.30. The molecule has 2 heterocycles. The summed E-state index contributed by atoms with van der Waals surface area (Å²) in [6, 6.07) is 15.0. The van der Waals surface area contributed by atoms with Gasteiger partial charge in [0.05, 0.1) is 40.3 Å². The van der Waals surface area contributed by atoms with Gasteiger partial charge >= 0.3 is 5.91 Å². The van der Waals surface area contributed by atoms with Crippen molar-refractivity contribution in [2.45, 2.75) is 13.0 Å². The van der Waals surface area contributed by atoms with Gasteiger partial charge in [-0.25, -0.2) is 9.37 Å². The number of hydrogen-bond acceptors (Lipinski definition) is 5. The quantitative estimate of drug-likeness (QED) is 0.229. The van der Waals surface area contributed by atoms with Crippen molar-refractivity contribution in [3.05, 3.63) is 93.8 Å². The molecule has 1 atom stereocenters. The van der Waals surface area contributed by atoms with Gasteiger partial charge in [0.1, 0.15) is 17.3 Å². The smallest absolute Gasteiger partial charge is 0.302 e. The monoisotopic (exact) mass is 491 g/mol. The van der Waals surface area contributed by atoms with Crippen molar-refractivity contribution >= 4 is 46.0 Å². The number of fused-ring (bicyclic) bond motifs is 1. The van der Waals surface area contributed by atoms with Crippen molar-refractivity contribution in [1.29, 1.82) is 0 Å². The molecule has 2 N–H and O–H groups in total. The molecule has 9 heteroatoms. The van der Waals surface area contributed by atoms with Crippen molar-refractivity contribution in [3.8, 4) is 5.75 Å². The summed E-state index contributed by atoms with van der Waals surface area (Å²) in [5.74, 6) is -2.47. The Morgan fingerprint density at radius 2 is 1.89 bits per heavy atom. The Morgan fingerprint density at radius 3 is 2.60 bits per heavy atom. The van der Waals surface area contributed by atoms with E-state index in [0.29, 0.717) is 16.6 Å². The van der Waals surface area contributed by atoms with E-state index in [1.54, 1.807) is 49.4 Å². The highest BCUT2D eigenvalue weighted by atomic mass is 35.5. The molecule has 1 amide bonds. The highest BCUT2D eigenvalue weighted by Gasteiger charge is 2.48. The standard InChI is InChI=1S/C26H19ClFN3O4/c1-13-10-16(24(35-2)17(27)11-13)22(32)20-21(14-6-4-3-5-7-14)31(25(34)23(20)33)26-29-18-9-8-15(28)12-19(18)30-26/h3-12,21,32H,1-2H3,(H,29,30)/b22-20+. The number of anilines is 1. The number of aliphatic hydroxyl groups excluding tert-OH is 1. The van der Waals surface area contributed by atoms with Crippen molar-refractivity contribution in [3.63, 3.8) is 0 Å². The predicted molar refractivity (Wildman–Crippen MR) is 130 cm³/mol. The van der Waals surface area contributed by atoms with Gasteiger partial charge in [0.15, 0.2) is 0 Å². The molecular weight excluding hydrogens is 473 g/mol. The van der Waals surface area contributed by atoms with Crippen molar-refractivity contribution in [2.24, 2.45) is 0 Å². The average molecular weight is 492 g/mol. The Kier molecular flexibility index (Phi) is 5.53. The van der Waals surface area contributed by atoms with E-state index in [1.807, 2.05) is 0 Å². The minimum atomic E-state index is -1.01. The van der Waals surface area contributed by atoms with Crippen molar-refractivity contribution in [2.75, 3.05) is 12.0 Å². The average Bonchev–Trinajstić information content (AvgIpc) is 3.36. The summed E-state index contributed by atoms with van der Waals surface area (Å²) >= 11 is 6.32. The Balaban J connectivity index is 1.77. The fourth-order valence-electron chi connectivity index (χ4n) is 4.34. The van der Waals surface area contributed by atoms with Crippen LogP contribution < -0.4 is 9.64 Å². The third-order valence-electron chi connectivity index (χ3n) is 5.87. The first-order chi connectivity index (χ1) is 16.8. The lowest BCUT2D eigenvalue weighted by Gasteiger charge is -2.23. The number of ketones is 1. The number of ether oxygens (including phenoxy) is 1. The van der Waals surface area contributed by atoms with E-state index in [-0.39, 0.29) is 27.9 Å². The zero-order valence-electron chi connectivity index (χ0n) is 18.7. The first-order valence-corrected chi connectivity index (χ1v) is 11.0. The van der Waals surface area contributed by atoms with Crippen molar-refractivity contribution in [1.82, 2.24) is 9.97 Å². The van der Waals surface area contributed by atoms with Crippen LogP contribution in [0.15, 0.2) is 66.2 Å². The molecule has 4 aromatic rings. The van der Waals surface area contributed by atoms with E-state index in [9.17, 15) is 19.1 Å². The Labute approximate surface area is 204 Å². The highest BCUT2D eigenvalue weighted by molar-refractivity contribution is 6.51. The fourth-order valence-corrected chi connectivity index (χ4v) is 4.69. The number of nitrogens with one attached hydrogen (secondary N) is 1. The van der Waals surface area contributed by atoms with Gasteiger partial charge in [-0.2, -0.15) is 0 Å². The molecule has 176 valence electrons. The third kappa shape index (κ3) is 3.72. The molecule has 1 unspecified atom stereocenters. The van der Waals surface area contributed by atoms with Gasteiger partial charge in [-0.3, -0.25) is 14.5 Å². The minimum Gasteiger partial charge on any atom is -0.507 e. The molecule has 0 spiro atoms. The summed E-state index contributed by atoms with van der Waals surface area (Å²) in [6.07, 6.45) is 0. The van der Waals surface area contributed by atoms with Gasteiger partial charge < -0.3 is 14.8 Å². The molecule has 0 aliphatic carbocycles. The molecule has 35 heavy (non-hydrogen) atoms. The van der Waals surface area contributed by atoms with Gasteiger partial charge in [-0.1, -0.05) is 41.9 Å². The number of Topliss-reactive ketones (excluding diaryl/α,β-unsaturated/α-hetero) is 1. The number of imidazole rings is 1. The summed E-state index contributed by atoms with van der Waals surface area (Å²) < 4.78 is 19.1. The molecule has 0 radical (unpaired) electrons. The number of aryl methyl sites for hydroxylation is 1. The SMILES string of the molecule is COc1c(Cl)cc(C)cc1/C(O)=C1\C(=O)C(=O)N(c2nc3ccc(F)cc3[nH]2)C1c1ccccc1. The van der Waals surface area contributed by atoms with Crippen LogP contribution >= 0.6 is 11.6 Å². The predicted octanol–water partition coefficient (Wildman–Crippen LogP) is 5.30. The molecule has 1 saturated heterocycles. The minimum absolute atomic E-state index is 0.0508. The van der Waals surface area contributed by atoms with Crippen LogP contribution in [0.2, 0.25) is 5.02 Å². The maximum atomic E-state index is 13.8. The summed E-state index contributed by atoms with van der Waals surface area (Å²) in [4.78, 5) is 35.1. The zero-order chi connectivity index (χ0) is 24.9. The van der Waals surface area contributed by atoms with Gasteiger partial charge in [-0.05, 0) is 48.4 Å². The van der Waals surface area contributed by atoms with Gasteiger partial charge in [0.25, 0.3) is 5.78 Å². The molecule has 1 aliphatic rings. The van der Waals surface area contributed by atoms with Crippen LogP contribution in [0.25, 0.3) is 16.8 Å². The fraction of sp³-hybridized carbons (Fsp3) is 0.115. The lowest BCUT2D eigenvalue weighted by molar-refractivity contribution is -0.132. The number of rotatable bonds is 4. The molecule has 0 bridgehead atoms. The normalized spacial score (nSPS) is 17.4. The van der Waals surface area contributed by atoms with Crippen LogP contribution in [-0.2, 0) is 9.59 Å². The first-order valence-electron chi connectivity index (χ1n) is 10.7. The van der Waals surface area contributed by atoms with Crippen LogP contribution in [0.4, 0.5) is 10.3 Å². The van der Waals surface area contributed by atoms with Gasteiger partial charge in [-0.15, -0.1) is 0 Å². The summed E-state index contributed by atoms with van der Waals surface area (Å²) in [7, 11) is 1.40. The van der Waals surface area contributed by atoms with Crippen LogP contribution in [-0.4, -0.2) is 33.9 Å². The molecule has 1 aliphatic heterocycles. The van der Waals surface area contributed by atoms with Crippen LogP contribution in [0.3, 0.4) is 0 Å². The van der Waals surface area contributed by atoms with E-state index in [2.05, 4.69) is 9.97 Å². The number of aromatic nitrogens is 2. The number of carbonyl (C=O) groups excluding carboxylic acids is 2. The number of aliphatic hydroxyl groups is 1. The lowest BCUT2D eigenvalue weighted by atomic mass is 9.94. The highest BCUT2D eigenvalue weighted by Crippen LogP contribution is 2.44. The van der Waals surface area contributed by atoms with Crippen LogP contribution in [0, 0.1) is 12.7 Å². The first kappa shape index (κ1) is 22.6. The molecule has 7 nitrogen and oxygen atoms in total. The summed E-state index contributed by atoms with van der Waals surface area (Å²) in [5, 5.41) is 11.7. The van der Waals surface area contributed by atoms with Crippen LogP contribution in [0.1, 0.15) is 22.7 Å². The Hall–Kier alpha value is -4.17. The third-order valence-corrected chi connectivity index (χ3v) is 6.15. The summed E-state index contributed by atoms with van der Waals surface area (Å²) in [6.45, 7) is 1.78. The van der Waals surface area contributed by atoms with Gasteiger partial charge in [0.2, 0.25) is 5.95 Å². The number of H-pyrrole nitrogens is 1. The second-order valence-corrected chi connectivity index (χ2v) is 8.54. The second kappa shape index (κ2) is 8.56. The van der Waals surface area contributed by atoms with Gasteiger partial charge in [0, 0.05) is 0 Å². The molecule has 1 aromatic heterocycles. The second-order valence-electron chi connectivity index (χ2n) is 8.13. The number of methoxy groups -OCH3 is 1.